The lowest BCUT2D eigenvalue weighted by molar-refractivity contribution is -0.858. The molecule has 29 heavy (non-hydrogen) atoms. The molecule has 2 aromatic heterocycles. The molecule has 1 N–H and O–H groups in total. The van der Waals surface area contributed by atoms with E-state index in [9.17, 15) is 13.6 Å². The highest BCUT2D eigenvalue weighted by atomic mass is 32.1. The minimum absolute atomic E-state index is 0.0621. The Balaban J connectivity index is 1.72. The second kappa shape index (κ2) is 7.88. The number of halogens is 2. The predicted octanol–water partition coefficient (Wildman–Crippen LogP) is 3.50. The van der Waals surface area contributed by atoms with Crippen molar-refractivity contribution >= 4 is 43.6 Å². The van der Waals surface area contributed by atoms with Crippen LogP contribution in [0.15, 0.2) is 46.9 Å². The fourth-order valence-electron chi connectivity index (χ4n) is 3.16. The molecule has 2 heterocycles. The Morgan fingerprint density at radius 1 is 1.21 bits per heavy atom. The summed E-state index contributed by atoms with van der Waals surface area (Å²) >= 11 is 1.09. The van der Waals surface area contributed by atoms with Gasteiger partial charge in [-0.3, -0.25) is 9.69 Å². The summed E-state index contributed by atoms with van der Waals surface area (Å²) in [5.41, 5.74) is 0.679. The van der Waals surface area contributed by atoms with Gasteiger partial charge in [0.25, 0.3) is 5.91 Å². The van der Waals surface area contributed by atoms with Gasteiger partial charge in [0.05, 0.1) is 25.3 Å². The maximum atomic E-state index is 14.1. The number of aromatic nitrogens is 1. The Labute approximate surface area is 170 Å². The van der Waals surface area contributed by atoms with Gasteiger partial charge in [-0.1, -0.05) is 29.5 Å². The van der Waals surface area contributed by atoms with Crippen molar-refractivity contribution in [3.05, 3.63) is 59.9 Å². The summed E-state index contributed by atoms with van der Waals surface area (Å²) in [7, 11) is 4.06. The minimum atomic E-state index is -0.739. The Bertz CT molecular complexity index is 1150. The van der Waals surface area contributed by atoms with Crippen LogP contribution in [-0.4, -0.2) is 38.1 Å². The van der Waals surface area contributed by atoms with Crippen molar-refractivity contribution in [3.8, 4) is 0 Å². The molecule has 0 spiro atoms. The highest BCUT2D eigenvalue weighted by molar-refractivity contribution is 7.22. The molecule has 2 aromatic carbocycles. The normalized spacial score (nSPS) is 11.6. The van der Waals surface area contributed by atoms with Gasteiger partial charge in [0.2, 0.25) is 0 Å². The number of anilines is 1. The van der Waals surface area contributed by atoms with Crippen LogP contribution in [0.25, 0.3) is 21.2 Å². The summed E-state index contributed by atoms with van der Waals surface area (Å²) in [6.45, 7) is 1.24. The lowest BCUT2D eigenvalue weighted by Crippen LogP contribution is -3.05. The quantitative estimate of drug-likeness (QED) is 0.523. The van der Waals surface area contributed by atoms with Crippen LogP contribution < -0.4 is 9.80 Å². The molecule has 5 nitrogen and oxygen atoms in total. The van der Waals surface area contributed by atoms with Crippen LogP contribution >= 0.6 is 11.3 Å². The average Bonchev–Trinajstić information content (AvgIpc) is 3.28. The van der Waals surface area contributed by atoms with Crippen molar-refractivity contribution in [1.82, 2.24) is 4.98 Å². The summed E-state index contributed by atoms with van der Waals surface area (Å²) < 4.78 is 33.8. The predicted molar refractivity (Wildman–Crippen MR) is 110 cm³/mol. The Hall–Kier alpha value is -2.84. The van der Waals surface area contributed by atoms with Gasteiger partial charge in [-0.25, -0.2) is 13.8 Å². The number of hydrogen-bond acceptors (Lipinski definition) is 4. The van der Waals surface area contributed by atoms with Crippen LogP contribution in [0.2, 0.25) is 0 Å². The molecule has 4 aromatic rings. The van der Waals surface area contributed by atoms with Crippen molar-refractivity contribution in [1.29, 1.82) is 0 Å². The van der Waals surface area contributed by atoms with Crippen LogP contribution in [0.3, 0.4) is 0 Å². The first-order valence-corrected chi connectivity index (χ1v) is 10.1. The van der Waals surface area contributed by atoms with E-state index in [1.807, 2.05) is 32.3 Å². The van der Waals surface area contributed by atoms with Gasteiger partial charge in [-0.15, -0.1) is 0 Å². The van der Waals surface area contributed by atoms with Crippen molar-refractivity contribution in [2.24, 2.45) is 0 Å². The number of amides is 1. The maximum absolute atomic E-state index is 14.1. The fourth-order valence-corrected chi connectivity index (χ4v) is 4.19. The number of rotatable bonds is 6. The lowest BCUT2D eigenvalue weighted by Gasteiger charge is -2.19. The van der Waals surface area contributed by atoms with Gasteiger partial charge in [-0.2, -0.15) is 0 Å². The highest BCUT2D eigenvalue weighted by Crippen LogP contribution is 2.32. The number of carbonyl (C=O) groups excluding carboxylic acids is 1. The minimum Gasteiger partial charge on any atom is -0.451 e. The zero-order valence-electron chi connectivity index (χ0n) is 16.0. The average molecular weight is 416 g/mol. The number of carbonyl (C=O) groups is 1. The van der Waals surface area contributed by atoms with Crippen LogP contribution in [0.4, 0.5) is 13.9 Å². The maximum Gasteiger partial charge on any atom is 0.295 e. The number of fused-ring (bicyclic) bond motifs is 2. The van der Waals surface area contributed by atoms with Crippen molar-refractivity contribution < 1.29 is 22.9 Å². The van der Waals surface area contributed by atoms with Crippen molar-refractivity contribution in [2.75, 3.05) is 32.1 Å². The smallest absolute Gasteiger partial charge is 0.295 e. The Kier molecular flexibility index (Phi) is 5.29. The second-order valence-corrected chi connectivity index (χ2v) is 8.16. The molecule has 0 unspecified atom stereocenters. The van der Waals surface area contributed by atoms with E-state index >= 15 is 0 Å². The van der Waals surface area contributed by atoms with Gasteiger partial charge >= 0.3 is 0 Å². The monoisotopic (exact) mass is 416 g/mol. The second-order valence-electron chi connectivity index (χ2n) is 7.15. The Morgan fingerprint density at radius 3 is 2.76 bits per heavy atom. The van der Waals surface area contributed by atoms with Gasteiger partial charge in [0.15, 0.2) is 16.7 Å². The van der Waals surface area contributed by atoms with E-state index in [0.717, 1.165) is 35.8 Å². The molecule has 0 bridgehead atoms. The number of nitrogens with one attached hydrogen (secondary N) is 1. The van der Waals surface area contributed by atoms with Crippen LogP contribution in [-0.2, 0) is 0 Å². The topological polar surface area (TPSA) is 50.8 Å². The molecule has 0 radical (unpaired) electrons. The van der Waals surface area contributed by atoms with Gasteiger partial charge in [0.1, 0.15) is 16.9 Å². The number of furan rings is 1. The van der Waals surface area contributed by atoms with E-state index in [1.54, 1.807) is 12.1 Å². The molecule has 0 fully saturated rings. The first kappa shape index (κ1) is 19.5. The first-order chi connectivity index (χ1) is 13.9. The molecule has 0 atom stereocenters. The van der Waals surface area contributed by atoms with E-state index in [0.29, 0.717) is 22.0 Å². The van der Waals surface area contributed by atoms with Gasteiger partial charge < -0.3 is 9.32 Å². The number of thiazole rings is 1. The van der Waals surface area contributed by atoms with Crippen molar-refractivity contribution in [3.63, 3.8) is 0 Å². The standard InChI is InChI=1S/C21H19F2N3O2S/c1-25(2)8-5-9-26(20(27)17-10-13-6-3-4-7-16(13)28-17)21-24-19-15(23)11-14(22)12-18(19)29-21/h3-4,6-7,10-12H,5,8-9H2,1-2H3/p+1. The van der Waals surface area contributed by atoms with E-state index in [-0.39, 0.29) is 17.2 Å². The lowest BCUT2D eigenvalue weighted by atomic mass is 10.2. The fraction of sp³-hybridized carbons (Fsp3) is 0.238. The third-order valence-electron chi connectivity index (χ3n) is 4.57. The summed E-state index contributed by atoms with van der Waals surface area (Å²) in [6.07, 6.45) is 0.723. The van der Waals surface area contributed by atoms with Gasteiger partial charge in [0, 0.05) is 24.4 Å². The highest BCUT2D eigenvalue weighted by Gasteiger charge is 2.25. The van der Waals surface area contributed by atoms with E-state index < -0.39 is 11.6 Å². The van der Waals surface area contributed by atoms with Crippen LogP contribution in [0.5, 0.6) is 0 Å². The molecular formula is C21H20F2N3O2S+. The molecule has 1 amide bonds. The molecule has 8 heteroatoms. The number of hydrogen-bond donors (Lipinski definition) is 1. The molecule has 0 aliphatic carbocycles. The largest absolute Gasteiger partial charge is 0.451 e. The molecule has 0 saturated carbocycles. The molecule has 4 rings (SSSR count). The van der Waals surface area contributed by atoms with Crippen molar-refractivity contribution in [2.45, 2.75) is 6.42 Å². The third kappa shape index (κ3) is 3.99. The molecular weight excluding hydrogens is 396 g/mol. The summed E-state index contributed by atoms with van der Waals surface area (Å²) in [5.74, 6) is -1.57. The zero-order valence-corrected chi connectivity index (χ0v) is 16.9. The SMILES string of the molecule is C[NH+](C)CCCN(C(=O)c1cc2ccccc2o1)c1nc2c(F)cc(F)cc2s1. The van der Waals surface area contributed by atoms with E-state index in [4.69, 9.17) is 4.42 Å². The van der Waals surface area contributed by atoms with Crippen LogP contribution in [0, 0.1) is 11.6 Å². The first-order valence-electron chi connectivity index (χ1n) is 9.27. The molecule has 0 saturated heterocycles. The summed E-state index contributed by atoms with van der Waals surface area (Å²) in [6, 6.07) is 11.1. The molecule has 0 aliphatic rings. The number of para-hydroxylation sites is 1. The third-order valence-corrected chi connectivity index (χ3v) is 5.60. The molecule has 150 valence electrons. The van der Waals surface area contributed by atoms with Gasteiger partial charge in [-0.05, 0) is 18.2 Å². The van der Waals surface area contributed by atoms with E-state index in [1.165, 1.54) is 15.9 Å². The molecule has 0 aliphatic heterocycles. The zero-order chi connectivity index (χ0) is 20.5. The van der Waals surface area contributed by atoms with E-state index in [2.05, 4.69) is 4.98 Å². The Morgan fingerprint density at radius 2 is 2.00 bits per heavy atom. The number of benzene rings is 2. The summed E-state index contributed by atoms with van der Waals surface area (Å²) in [4.78, 5) is 20.3. The van der Waals surface area contributed by atoms with Crippen LogP contribution in [0.1, 0.15) is 17.0 Å². The summed E-state index contributed by atoms with van der Waals surface area (Å²) in [5, 5.41) is 1.15. The number of nitrogens with zero attached hydrogens (tertiary/aromatic N) is 2. The number of quaternary nitrogens is 1.